The maximum atomic E-state index is 12.9. The molecule has 1 fully saturated rings. The second-order valence-electron chi connectivity index (χ2n) is 6.77. The van der Waals surface area contributed by atoms with Gasteiger partial charge in [0.2, 0.25) is 5.91 Å². The van der Waals surface area contributed by atoms with Crippen molar-refractivity contribution in [3.05, 3.63) is 58.1 Å². The molecule has 156 valence electrons. The predicted molar refractivity (Wildman–Crippen MR) is 110 cm³/mol. The summed E-state index contributed by atoms with van der Waals surface area (Å²) in [5, 5.41) is 3.48. The van der Waals surface area contributed by atoms with Gasteiger partial charge in [-0.1, -0.05) is 35.3 Å². The van der Waals surface area contributed by atoms with E-state index in [1.165, 1.54) is 12.1 Å². The Bertz CT molecular complexity index is 848. The summed E-state index contributed by atoms with van der Waals surface area (Å²) >= 11 is 12.1. The predicted octanol–water partition coefficient (Wildman–Crippen LogP) is 5.16. The molecule has 2 aromatic rings. The van der Waals surface area contributed by atoms with Gasteiger partial charge in [0.15, 0.2) is 0 Å². The Morgan fingerprint density at radius 2 is 1.62 bits per heavy atom. The first-order chi connectivity index (χ1) is 13.7. The molecule has 0 unspecified atom stereocenters. The zero-order valence-corrected chi connectivity index (χ0v) is 17.0. The van der Waals surface area contributed by atoms with E-state index in [4.69, 9.17) is 23.2 Å². The monoisotopic (exact) mass is 445 g/mol. The number of hydrogen-bond acceptors (Lipinski definition) is 3. The highest BCUT2D eigenvalue weighted by Gasteiger charge is 2.31. The number of para-hydroxylation sites is 1. The third kappa shape index (κ3) is 5.78. The standard InChI is InChI=1S/C20H20Cl2F3N3O/c21-16-5-2-6-17(22)19(16)26-18(29)7-8-27-9-11-28(12-10-27)15-4-1-3-14(13-15)20(23,24)25/h1-6,13H,7-12H2,(H,26,29). The van der Waals surface area contributed by atoms with E-state index in [9.17, 15) is 18.0 Å². The molecule has 9 heteroatoms. The number of carbonyl (C=O) groups excluding carboxylic acids is 1. The number of benzene rings is 2. The summed E-state index contributed by atoms with van der Waals surface area (Å²) in [6, 6.07) is 10.4. The summed E-state index contributed by atoms with van der Waals surface area (Å²) in [5.41, 5.74) is 0.313. The van der Waals surface area contributed by atoms with Crippen LogP contribution >= 0.6 is 23.2 Å². The Kier molecular flexibility index (Phi) is 6.93. The van der Waals surface area contributed by atoms with Crippen LogP contribution in [0, 0.1) is 0 Å². The number of nitrogens with zero attached hydrogens (tertiary/aromatic N) is 2. The molecule has 0 spiro atoms. The molecule has 29 heavy (non-hydrogen) atoms. The third-order valence-electron chi connectivity index (χ3n) is 4.79. The van der Waals surface area contributed by atoms with Crippen LogP contribution in [-0.2, 0) is 11.0 Å². The maximum Gasteiger partial charge on any atom is 0.416 e. The third-order valence-corrected chi connectivity index (χ3v) is 5.42. The highest BCUT2D eigenvalue weighted by Crippen LogP contribution is 2.32. The fraction of sp³-hybridized carbons (Fsp3) is 0.350. The highest BCUT2D eigenvalue weighted by atomic mass is 35.5. The quantitative estimate of drug-likeness (QED) is 0.689. The number of amides is 1. The molecule has 2 aromatic carbocycles. The molecular formula is C20H20Cl2F3N3O. The van der Waals surface area contributed by atoms with Crippen molar-refractivity contribution in [2.75, 3.05) is 42.9 Å². The van der Waals surface area contributed by atoms with Gasteiger partial charge in [-0.25, -0.2) is 0 Å². The zero-order valence-electron chi connectivity index (χ0n) is 15.5. The van der Waals surface area contributed by atoms with E-state index in [0.717, 1.165) is 6.07 Å². The van der Waals surface area contributed by atoms with Gasteiger partial charge in [0.1, 0.15) is 0 Å². The number of halogens is 5. The lowest BCUT2D eigenvalue weighted by atomic mass is 10.1. The van der Waals surface area contributed by atoms with Gasteiger partial charge in [0, 0.05) is 44.8 Å². The van der Waals surface area contributed by atoms with E-state index in [1.807, 2.05) is 4.90 Å². The van der Waals surface area contributed by atoms with E-state index >= 15 is 0 Å². The molecule has 0 saturated carbocycles. The lowest BCUT2D eigenvalue weighted by molar-refractivity contribution is -0.137. The van der Waals surface area contributed by atoms with E-state index in [1.54, 1.807) is 24.3 Å². The topological polar surface area (TPSA) is 35.6 Å². The average Bonchev–Trinajstić information content (AvgIpc) is 2.69. The first-order valence-electron chi connectivity index (χ1n) is 9.12. The molecule has 0 bridgehead atoms. The minimum atomic E-state index is -4.35. The molecule has 1 N–H and O–H groups in total. The molecule has 1 amide bonds. The summed E-state index contributed by atoms with van der Waals surface area (Å²) in [4.78, 5) is 16.2. The Morgan fingerprint density at radius 1 is 1.00 bits per heavy atom. The fourth-order valence-electron chi connectivity index (χ4n) is 3.19. The van der Waals surface area contributed by atoms with Gasteiger partial charge >= 0.3 is 6.18 Å². The molecule has 0 atom stereocenters. The number of nitrogens with one attached hydrogen (secondary N) is 1. The van der Waals surface area contributed by atoms with Crippen molar-refractivity contribution in [3.63, 3.8) is 0 Å². The van der Waals surface area contributed by atoms with Gasteiger partial charge in [-0.2, -0.15) is 13.2 Å². The van der Waals surface area contributed by atoms with Crippen molar-refractivity contribution >= 4 is 40.5 Å². The van der Waals surface area contributed by atoms with Crippen molar-refractivity contribution in [2.24, 2.45) is 0 Å². The molecule has 1 aliphatic rings. The van der Waals surface area contributed by atoms with Crippen LogP contribution < -0.4 is 10.2 Å². The molecule has 0 aliphatic carbocycles. The van der Waals surface area contributed by atoms with Crippen molar-refractivity contribution in [1.29, 1.82) is 0 Å². The fourth-order valence-corrected chi connectivity index (χ4v) is 3.68. The second kappa shape index (κ2) is 9.24. The summed E-state index contributed by atoms with van der Waals surface area (Å²) in [6.07, 6.45) is -4.08. The van der Waals surface area contributed by atoms with Crippen LogP contribution in [0.3, 0.4) is 0 Å². The lowest BCUT2D eigenvalue weighted by Gasteiger charge is -2.36. The number of alkyl halides is 3. The molecule has 1 saturated heterocycles. The minimum absolute atomic E-state index is 0.194. The van der Waals surface area contributed by atoms with Crippen LogP contribution in [0.4, 0.5) is 24.5 Å². The largest absolute Gasteiger partial charge is 0.416 e. The molecule has 3 rings (SSSR count). The van der Waals surface area contributed by atoms with Crippen LogP contribution in [0.5, 0.6) is 0 Å². The summed E-state index contributed by atoms with van der Waals surface area (Å²) in [7, 11) is 0. The Morgan fingerprint density at radius 3 is 2.24 bits per heavy atom. The first kappa shape index (κ1) is 21.7. The van der Waals surface area contributed by atoms with Gasteiger partial charge in [0.25, 0.3) is 0 Å². The van der Waals surface area contributed by atoms with Gasteiger partial charge in [-0.05, 0) is 30.3 Å². The lowest BCUT2D eigenvalue weighted by Crippen LogP contribution is -2.47. The molecule has 0 radical (unpaired) electrons. The SMILES string of the molecule is O=C(CCN1CCN(c2cccc(C(F)(F)F)c2)CC1)Nc1c(Cl)cccc1Cl. The van der Waals surface area contributed by atoms with E-state index in [2.05, 4.69) is 10.2 Å². The Labute approximate surface area is 177 Å². The van der Waals surface area contributed by atoms with Gasteiger partial charge in [0.05, 0.1) is 21.3 Å². The van der Waals surface area contributed by atoms with Crippen LogP contribution in [0.1, 0.15) is 12.0 Å². The normalized spacial score (nSPS) is 15.4. The summed E-state index contributed by atoms with van der Waals surface area (Å²) < 4.78 is 38.7. The summed E-state index contributed by atoms with van der Waals surface area (Å²) in [6.45, 7) is 3.07. The number of carbonyl (C=O) groups is 1. The molecule has 1 heterocycles. The summed E-state index contributed by atoms with van der Waals surface area (Å²) in [5.74, 6) is -0.194. The van der Waals surface area contributed by atoms with Gasteiger partial charge in [-0.3, -0.25) is 9.69 Å². The van der Waals surface area contributed by atoms with Crippen molar-refractivity contribution in [1.82, 2.24) is 4.90 Å². The Hall–Kier alpha value is -1.96. The number of anilines is 2. The minimum Gasteiger partial charge on any atom is -0.369 e. The van der Waals surface area contributed by atoms with Gasteiger partial charge < -0.3 is 10.2 Å². The van der Waals surface area contributed by atoms with E-state index in [0.29, 0.717) is 54.1 Å². The average molecular weight is 446 g/mol. The molecule has 4 nitrogen and oxygen atoms in total. The first-order valence-corrected chi connectivity index (χ1v) is 9.88. The number of rotatable bonds is 5. The van der Waals surface area contributed by atoms with Crippen molar-refractivity contribution in [2.45, 2.75) is 12.6 Å². The van der Waals surface area contributed by atoms with Crippen LogP contribution in [-0.4, -0.2) is 43.5 Å². The Balaban J connectivity index is 1.48. The molecule has 1 aliphatic heterocycles. The molecule has 0 aromatic heterocycles. The van der Waals surface area contributed by atoms with E-state index in [-0.39, 0.29) is 12.3 Å². The molecular weight excluding hydrogens is 426 g/mol. The highest BCUT2D eigenvalue weighted by molar-refractivity contribution is 6.39. The number of hydrogen-bond donors (Lipinski definition) is 1. The van der Waals surface area contributed by atoms with Crippen LogP contribution in [0.2, 0.25) is 10.0 Å². The van der Waals surface area contributed by atoms with Gasteiger partial charge in [-0.15, -0.1) is 0 Å². The zero-order chi connectivity index (χ0) is 21.0. The maximum absolute atomic E-state index is 12.9. The smallest absolute Gasteiger partial charge is 0.369 e. The van der Waals surface area contributed by atoms with E-state index < -0.39 is 11.7 Å². The van der Waals surface area contributed by atoms with Crippen molar-refractivity contribution in [3.8, 4) is 0 Å². The number of piperazine rings is 1. The van der Waals surface area contributed by atoms with Crippen LogP contribution in [0.25, 0.3) is 0 Å². The van der Waals surface area contributed by atoms with Crippen LogP contribution in [0.15, 0.2) is 42.5 Å². The second-order valence-corrected chi connectivity index (χ2v) is 7.59. The van der Waals surface area contributed by atoms with Crippen molar-refractivity contribution < 1.29 is 18.0 Å².